The van der Waals surface area contributed by atoms with E-state index in [-0.39, 0.29) is 12.3 Å². The van der Waals surface area contributed by atoms with Crippen molar-refractivity contribution in [3.63, 3.8) is 0 Å². The Balaban J connectivity index is 2.82. The number of halogens is 2. The standard InChI is InChI=1S/C11H18F2N4O/c1-5-16(4)15-10(18)6-9-7(2)14-17(8(9)3)11(12)13/h11H,5-6H2,1-4H3,(H,15,18). The first-order chi connectivity index (χ1) is 8.36. The molecular weight excluding hydrogens is 242 g/mol. The van der Waals surface area contributed by atoms with Gasteiger partial charge >= 0.3 is 6.55 Å². The van der Waals surface area contributed by atoms with Crippen molar-refractivity contribution in [1.29, 1.82) is 0 Å². The van der Waals surface area contributed by atoms with Crippen molar-refractivity contribution in [1.82, 2.24) is 20.2 Å². The molecule has 0 fully saturated rings. The Hall–Kier alpha value is -1.50. The van der Waals surface area contributed by atoms with Crippen LogP contribution in [0.1, 0.15) is 30.4 Å². The summed E-state index contributed by atoms with van der Waals surface area (Å²) in [5, 5.41) is 5.36. The molecule has 0 saturated heterocycles. The minimum absolute atomic E-state index is 0.0503. The molecule has 0 bridgehead atoms. The summed E-state index contributed by atoms with van der Waals surface area (Å²) in [5.41, 5.74) is 3.98. The minimum atomic E-state index is -2.68. The van der Waals surface area contributed by atoms with E-state index in [1.807, 2.05) is 6.92 Å². The molecule has 7 heteroatoms. The van der Waals surface area contributed by atoms with Crippen LogP contribution in [-0.2, 0) is 11.2 Å². The van der Waals surface area contributed by atoms with Crippen molar-refractivity contribution >= 4 is 5.91 Å². The second-order valence-electron chi connectivity index (χ2n) is 4.10. The number of aromatic nitrogens is 2. The molecule has 0 unspecified atom stereocenters. The van der Waals surface area contributed by atoms with Gasteiger partial charge in [0.15, 0.2) is 0 Å². The van der Waals surface area contributed by atoms with E-state index in [0.29, 0.717) is 28.2 Å². The van der Waals surface area contributed by atoms with E-state index >= 15 is 0 Å². The summed E-state index contributed by atoms with van der Waals surface area (Å²) in [7, 11) is 1.74. The predicted octanol–water partition coefficient (Wildman–Crippen LogP) is 1.42. The largest absolute Gasteiger partial charge is 0.333 e. The van der Waals surface area contributed by atoms with Crippen LogP contribution in [0.25, 0.3) is 0 Å². The second-order valence-corrected chi connectivity index (χ2v) is 4.10. The maximum Gasteiger partial charge on any atom is 0.333 e. The van der Waals surface area contributed by atoms with E-state index in [4.69, 9.17) is 0 Å². The topological polar surface area (TPSA) is 50.2 Å². The van der Waals surface area contributed by atoms with Crippen LogP contribution in [0.5, 0.6) is 0 Å². The summed E-state index contributed by atoms with van der Waals surface area (Å²) in [4.78, 5) is 11.7. The van der Waals surface area contributed by atoms with Gasteiger partial charge in [-0.3, -0.25) is 10.2 Å². The molecule has 1 N–H and O–H groups in total. The fourth-order valence-electron chi connectivity index (χ4n) is 1.63. The molecule has 18 heavy (non-hydrogen) atoms. The van der Waals surface area contributed by atoms with Crippen LogP contribution in [0.4, 0.5) is 8.78 Å². The maximum absolute atomic E-state index is 12.6. The summed E-state index contributed by atoms with van der Waals surface area (Å²) in [5.74, 6) is -0.237. The number of amides is 1. The molecule has 1 rings (SSSR count). The molecule has 5 nitrogen and oxygen atoms in total. The third kappa shape index (κ3) is 3.25. The Morgan fingerprint density at radius 1 is 1.50 bits per heavy atom. The summed E-state index contributed by atoms with van der Waals surface area (Å²) < 4.78 is 25.9. The van der Waals surface area contributed by atoms with Gasteiger partial charge in [-0.2, -0.15) is 13.9 Å². The van der Waals surface area contributed by atoms with Crippen molar-refractivity contribution < 1.29 is 13.6 Å². The van der Waals surface area contributed by atoms with Gasteiger partial charge in [0.25, 0.3) is 0 Å². The molecule has 0 aromatic carbocycles. The third-order valence-corrected chi connectivity index (χ3v) is 2.79. The normalized spacial score (nSPS) is 11.3. The molecule has 1 aromatic rings. The molecule has 0 radical (unpaired) electrons. The van der Waals surface area contributed by atoms with Gasteiger partial charge in [0.05, 0.1) is 12.1 Å². The lowest BCUT2D eigenvalue weighted by atomic mass is 10.1. The Bertz CT molecular complexity index is 431. The third-order valence-electron chi connectivity index (χ3n) is 2.79. The van der Waals surface area contributed by atoms with Crippen LogP contribution in [0.3, 0.4) is 0 Å². The van der Waals surface area contributed by atoms with Crippen LogP contribution in [0.2, 0.25) is 0 Å². The van der Waals surface area contributed by atoms with E-state index in [9.17, 15) is 13.6 Å². The molecule has 0 aliphatic heterocycles. The lowest BCUT2D eigenvalue weighted by Gasteiger charge is -2.15. The van der Waals surface area contributed by atoms with Crippen LogP contribution in [0.15, 0.2) is 0 Å². The second kappa shape index (κ2) is 5.90. The molecule has 1 aromatic heterocycles. The zero-order valence-corrected chi connectivity index (χ0v) is 11.0. The first-order valence-electron chi connectivity index (χ1n) is 5.70. The predicted molar refractivity (Wildman–Crippen MR) is 63.1 cm³/mol. The zero-order valence-electron chi connectivity index (χ0n) is 11.0. The van der Waals surface area contributed by atoms with Crippen molar-refractivity contribution in [3.8, 4) is 0 Å². The van der Waals surface area contributed by atoms with E-state index in [1.54, 1.807) is 19.0 Å². The highest BCUT2D eigenvalue weighted by Crippen LogP contribution is 2.19. The Morgan fingerprint density at radius 3 is 2.56 bits per heavy atom. The number of hydrogen-bond acceptors (Lipinski definition) is 3. The van der Waals surface area contributed by atoms with Gasteiger partial charge in [0.2, 0.25) is 5.91 Å². The lowest BCUT2D eigenvalue weighted by Crippen LogP contribution is -2.39. The van der Waals surface area contributed by atoms with E-state index in [2.05, 4.69) is 10.5 Å². The average molecular weight is 260 g/mol. The van der Waals surface area contributed by atoms with E-state index in [0.717, 1.165) is 0 Å². The Morgan fingerprint density at radius 2 is 2.11 bits per heavy atom. The number of carbonyl (C=O) groups excluding carboxylic acids is 1. The number of hydrogen-bond donors (Lipinski definition) is 1. The van der Waals surface area contributed by atoms with Gasteiger partial charge in [0, 0.05) is 24.8 Å². The molecule has 0 aliphatic carbocycles. The molecule has 102 valence electrons. The molecule has 1 amide bonds. The van der Waals surface area contributed by atoms with Crippen LogP contribution < -0.4 is 5.43 Å². The maximum atomic E-state index is 12.6. The SMILES string of the molecule is CCN(C)NC(=O)Cc1c(C)nn(C(F)F)c1C. The van der Waals surface area contributed by atoms with Crippen molar-refractivity contribution in [2.75, 3.05) is 13.6 Å². The van der Waals surface area contributed by atoms with Crippen LogP contribution >= 0.6 is 0 Å². The molecular formula is C11H18F2N4O. The first-order valence-corrected chi connectivity index (χ1v) is 5.70. The number of nitrogens with zero attached hydrogens (tertiary/aromatic N) is 3. The van der Waals surface area contributed by atoms with Gasteiger partial charge in [0.1, 0.15) is 0 Å². The summed E-state index contributed by atoms with van der Waals surface area (Å²) in [6, 6.07) is 0. The number of nitrogens with one attached hydrogen (secondary N) is 1. The molecule has 0 aliphatic rings. The highest BCUT2D eigenvalue weighted by molar-refractivity contribution is 5.78. The van der Waals surface area contributed by atoms with Crippen LogP contribution in [0, 0.1) is 13.8 Å². The molecule has 0 spiro atoms. The number of aryl methyl sites for hydroxylation is 1. The molecule has 1 heterocycles. The monoisotopic (exact) mass is 260 g/mol. The number of alkyl halides is 2. The van der Waals surface area contributed by atoms with E-state index < -0.39 is 6.55 Å². The fourth-order valence-corrected chi connectivity index (χ4v) is 1.63. The first kappa shape index (κ1) is 14.6. The number of carbonyl (C=O) groups is 1. The van der Waals surface area contributed by atoms with Gasteiger partial charge in [-0.25, -0.2) is 9.69 Å². The Kier molecular flexibility index (Phi) is 4.77. The van der Waals surface area contributed by atoms with Crippen molar-refractivity contribution in [2.24, 2.45) is 0 Å². The average Bonchev–Trinajstić information content (AvgIpc) is 2.56. The summed E-state index contributed by atoms with van der Waals surface area (Å²) >= 11 is 0. The smallest absolute Gasteiger partial charge is 0.289 e. The van der Waals surface area contributed by atoms with Gasteiger partial charge in [-0.15, -0.1) is 0 Å². The van der Waals surface area contributed by atoms with Crippen molar-refractivity contribution in [2.45, 2.75) is 33.7 Å². The lowest BCUT2D eigenvalue weighted by molar-refractivity contribution is -0.124. The number of hydrazine groups is 1. The van der Waals surface area contributed by atoms with Gasteiger partial charge in [-0.1, -0.05) is 6.92 Å². The highest BCUT2D eigenvalue weighted by atomic mass is 19.3. The summed E-state index contributed by atoms with van der Waals surface area (Å²) in [6.07, 6.45) is 0.0503. The zero-order chi connectivity index (χ0) is 13.9. The summed E-state index contributed by atoms with van der Waals surface area (Å²) in [6.45, 7) is 3.04. The Labute approximate surface area is 105 Å². The highest BCUT2D eigenvalue weighted by Gasteiger charge is 2.19. The molecule has 0 atom stereocenters. The quantitative estimate of drug-likeness (QED) is 0.815. The van der Waals surface area contributed by atoms with Gasteiger partial charge < -0.3 is 0 Å². The fraction of sp³-hybridized carbons (Fsp3) is 0.636. The van der Waals surface area contributed by atoms with E-state index in [1.165, 1.54) is 6.92 Å². The number of rotatable bonds is 5. The minimum Gasteiger partial charge on any atom is -0.289 e. The van der Waals surface area contributed by atoms with Crippen LogP contribution in [-0.4, -0.2) is 34.3 Å². The van der Waals surface area contributed by atoms with Gasteiger partial charge in [-0.05, 0) is 13.8 Å². The van der Waals surface area contributed by atoms with Crippen molar-refractivity contribution in [3.05, 3.63) is 17.0 Å². The molecule has 0 saturated carbocycles.